The average Bonchev–Trinajstić information content (AvgIpc) is 2.46. The Bertz CT molecular complexity index is 369. The molecule has 0 spiro atoms. The number of carboxylic acid groups (broad SMARTS) is 1. The first-order chi connectivity index (χ1) is 5.77. The molecular formula is C9H6BO2. The van der Waals surface area contributed by atoms with E-state index >= 15 is 0 Å². The molecule has 0 unspecified atom stereocenters. The Labute approximate surface area is 70.8 Å². The summed E-state index contributed by atoms with van der Waals surface area (Å²) in [6.07, 6.45) is 1.68. The number of hydrogen-bond acceptors (Lipinski definition) is 1. The molecular weight excluding hydrogens is 151 g/mol. The predicted octanol–water partition coefficient (Wildman–Crippen LogP) is 0.455. The third kappa shape index (κ3) is 1.03. The third-order valence-electron chi connectivity index (χ3n) is 1.86. The van der Waals surface area contributed by atoms with Crippen LogP contribution in [0.5, 0.6) is 0 Å². The maximum absolute atomic E-state index is 10.6. The smallest absolute Gasteiger partial charge is 0.322 e. The van der Waals surface area contributed by atoms with Gasteiger partial charge in [0.15, 0.2) is 0 Å². The lowest BCUT2D eigenvalue weighted by atomic mass is 9.67. The van der Waals surface area contributed by atoms with Crippen molar-refractivity contribution in [2.75, 3.05) is 0 Å². The van der Waals surface area contributed by atoms with E-state index in [4.69, 9.17) is 5.11 Å². The molecule has 1 heterocycles. The lowest BCUT2D eigenvalue weighted by molar-refractivity contribution is -0.131. The van der Waals surface area contributed by atoms with Gasteiger partial charge in [0.2, 0.25) is 7.28 Å². The molecule has 0 atom stereocenters. The van der Waals surface area contributed by atoms with Gasteiger partial charge < -0.3 is 5.11 Å². The van der Waals surface area contributed by atoms with Crippen LogP contribution in [0.25, 0.3) is 6.08 Å². The van der Waals surface area contributed by atoms with E-state index in [9.17, 15) is 4.79 Å². The predicted molar refractivity (Wildman–Crippen MR) is 47.4 cm³/mol. The van der Waals surface area contributed by atoms with Crippen LogP contribution in [0.4, 0.5) is 0 Å². The molecule has 0 bridgehead atoms. The van der Waals surface area contributed by atoms with E-state index in [-0.39, 0.29) is 0 Å². The van der Waals surface area contributed by atoms with Gasteiger partial charge in [0.05, 0.1) is 0 Å². The minimum Gasteiger partial charge on any atom is -0.478 e. The molecule has 1 radical (unpaired) electrons. The second-order valence-electron chi connectivity index (χ2n) is 2.68. The zero-order valence-corrected chi connectivity index (χ0v) is 6.32. The van der Waals surface area contributed by atoms with Gasteiger partial charge in [-0.15, -0.1) is 0 Å². The van der Waals surface area contributed by atoms with Gasteiger partial charge >= 0.3 is 5.97 Å². The molecule has 1 N–H and O–H groups in total. The number of fused-ring (bicyclic) bond motifs is 1. The molecule has 0 amide bonds. The minimum absolute atomic E-state index is 0.358. The van der Waals surface area contributed by atoms with Crippen LogP contribution in [0, 0.1) is 0 Å². The van der Waals surface area contributed by atoms with Gasteiger partial charge in [0.1, 0.15) is 0 Å². The molecule has 1 aromatic rings. The van der Waals surface area contributed by atoms with Crippen LogP contribution < -0.4 is 5.46 Å². The zero-order chi connectivity index (χ0) is 8.55. The highest BCUT2D eigenvalue weighted by atomic mass is 16.4. The summed E-state index contributed by atoms with van der Waals surface area (Å²) in [6.45, 7) is 0. The van der Waals surface area contributed by atoms with E-state index in [2.05, 4.69) is 0 Å². The van der Waals surface area contributed by atoms with Crippen LogP contribution in [0.2, 0.25) is 0 Å². The Morgan fingerprint density at radius 2 is 2.08 bits per heavy atom. The Morgan fingerprint density at radius 3 is 2.75 bits per heavy atom. The van der Waals surface area contributed by atoms with Crippen LogP contribution in [0.3, 0.4) is 0 Å². The Hall–Kier alpha value is -1.51. The molecule has 0 saturated carbocycles. The zero-order valence-electron chi connectivity index (χ0n) is 6.32. The van der Waals surface area contributed by atoms with E-state index in [1.807, 2.05) is 24.3 Å². The summed E-state index contributed by atoms with van der Waals surface area (Å²) in [5.74, 6) is -0.869. The van der Waals surface area contributed by atoms with Gasteiger partial charge in [0, 0.05) is 5.47 Å². The average molecular weight is 157 g/mol. The summed E-state index contributed by atoms with van der Waals surface area (Å²) in [7, 11) is 1.68. The fourth-order valence-electron chi connectivity index (χ4n) is 1.27. The SMILES string of the molecule is O=C(O)C1=Cc2ccccc2[B]1. The standard InChI is InChI=1S/C9H6BO2/c11-9(12)8-5-6-3-1-2-4-7(6)10-8/h1-5H,(H,11,12). The fraction of sp³-hybridized carbons (Fsp3) is 0. The second-order valence-corrected chi connectivity index (χ2v) is 2.68. The van der Waals surface area contributed by atoms with Gasteiger partial charge in [-0.2, -0.15) is 0 Å². The number of hydrogen-bond donors (Lipinski definition) is 1. The highest BCUT2D eigenvalue weighted by Crippen LogP contribution is 2.11. The van der Waals surface area contributed by atoms with Crippen molar-refractivity contribution in [1.82, 2.24) is 0 Å². The van der Waals surface area contributed by atoms with Crippen molar-refractivity contribution in [3.63, 3.8) is 0 Å². The molecule has 2 nitrogen and oxygen atoms in total. The van der Waals surface area contributed by atoms with Gasteiger partial charge in [0.25, 0.3) is 0 Å². The first kappa shape index (κ1) is 7.16. The van der Waals surface area contributed by atoms with Gasteiger partial charge in [-0.25, -0.2) is 4.79 Å². The van der Waals surface area contributed by atoms with E-state index < -0.39 is 5.97 Å². The fourth-order valence-corrected chi connectivity index (χ4v) is 1.27. The second kappa shape index (κ2) is 2.52. The van der Waals surface area contributed by atoms with Crippen molar-refractivity contribution in [3.8, 4) is 0 Å². The first-order valence-corrected chi connectivity index (χ1v) is 3.66. The summed E-state index contributed by atoms with van der Waals surface area (Å²) in [4.78, 5) is 10.6. The van der Waals surface area contributed by atoms with Gasteiger partial charge in [-0.1, -0.05) is 35.8 Å². The molecule has 1 aromatic carbocycles. The molecule has 1 aliphatic rings. The van der Waals surface area contributed by atoms with E-state index in [0.29, 0.717) is 5.47 Å². The first-order valence-electron chi connectivity index (χ1n) is 3.66. The summed E-state index contributed by atoms with van der Waals surface area (Å²) in [5, 5.41) is 8.69. The molecule has 0 fully saturated rings. The number of carbonyl (C=O) groups is 1. The number of rotatable bonds is 1. The summed E-state index contributed by atoms with van der Waals surface area (Å²) in [5.41, 5.74) is 2.32. The molecule has 0 aliphatic carbocycles. The highest BCUT2D eigenvalue weighted by Gasteiger charge is 2.17. The van der Waals surface area contributed by atoms with Crippen LogP contribution in [-0.2, 0) is 4.79 Å². The lowest BCUT2D eigenvalue weighted by Crippen LogP contribution is -2.16. The molecule has 0 saturated heterocycles. The molecule has 3 heteroatoms. The minimum atomic E-state index is -0.869. The van der Waals surface area contributed by atoms with Crippen molar-refractivity contribution in [3.05, 3.63) is 35.3 Å². The molecule has 1 aliphatic heterocycles. The maximum atomic E-state index is 10.6. The topological polar surface area (TPSA) is 37.3 Å². The summed E-state index contributed by atoms with van der Waals surface area (Å²) in [6, 6.07) is 7.60. The third-order valence-corrected chi connectivity index (χ3v) is 1.86. The van der Waals surface area contributed by atoms with E-state index in [1.165, 1.54) is 0 Å². The van der Waals surface area contributed by atoms with E-state index in [0.717, 1.165) is 11.0 Å². The number of carboxylic acids is 1. The van der Waals surface area contributed by atoms with Crippen molar-refractivity contribution in [2.45, 2.75) is 0 Å². The quantitative estimate of drug-likeness (QED) is 0.601. The van der Waals surface area contributed by atoms with Crippen LogP contribution in [0.1, 0.15) is 5.56 Å². The largest absolute Gasteiger partial charge is 0.478 e. The Morgan fingerprint density at radius 1 is 1.33 bits per heavy atom. The number of aliphatic carboxylic acids is 1. The lowest BCUT2D eigenvalue weighted by Gasteiger charge is -1.93. The Balaban J connectivity index is 2.41. The molecule has 0 aromatic heterocycles. The summed E-state index contributed by atoms with van der Waals surface area (Å²) >= 11 is 0. The highest BCUT2D eigenvalue weighted by molar-refractivity contribution is 6.70. The molecule has 2 rings (SSSR count). The van der Waals surface area contributed by atoms with E-state index in [1.54, 1.807) is 13.4 Å². The Kier molecular flexibility index (Phi) is 1.50. The normalized spacial score (nSPS) is 13.2. The van der Waals surface area contributed by atoms with Crippen LogP contribution >= 0.6 is 0 Å². The van der Waals surface area contributed by atoms with Gasteiger partial charge in [-0.05, 0) is 5.56 Å². The maximum Gasteiger partial charge on any atom is 0.322 e. The van der Waals surface area contributed by atoms with Crippen LogP contribution in [0.15, 0.2) is 29.7 Å². The van der Waals surface area contributed by atoms with Crippen LogP contribution in [-0.4, -0.2) is 18.4 Å². The van der Waals surface area contributed by atoms with Gasteiger partial charge in [-0.3, -0.25) is 0 Å². The van der Waals surface area contributed by atoms with Crippen molar-refractivity contribution in [2.24, 2.45) is 0 Å². The molecule has 12 heavy (non-hydrogen) atoms. The summed E-state index contributed by atoms with van der Waals surface area (Å²) < 4.78 is 0. The number of benzene rings is 1. The molecule has 57 valence electrons. The van der Waals surface area contributed by atoms with Crippen molar-refractivity contribution < 1.29 is 9.90 Å². The van der Waals surface area contributed by atoms with Crippen molar-refractivity contribution in [1.29, 1.82) is 0 Å². The monoisotopic (exact) mass is 157 g/mol. The van der Waals surface area contributed by atoms with Crippen molar-refractivity contribution >= 4 is 24.8 Å².